The highest BCUT2D eigenvalue weighted by molar-refractivity contribution is 8.13. The molecule has 1 rings (SSSR count). The number of nitrogens with zero attached hydrogens (tertiary/aromatic N) is 1. The number of amidine groups is 1. The van der Waals surface area contributed by atoms with Crippen molar-refractivity contribution < 1.29 is 0 Å². The maximum absolute atomic E-state index is 4.67. The van der Waals surface area contributed by atoms with Gasteiger partial charge >= 0.3 is 0 Å². The third-order valence-corrected chi connectivity index (χ3v) is 4.88. The van der Waals surface area contributed by atoms with Crippen molar-refractivity contribution in [2.24, 2.45) is 4.99 Å². The van der Waals surface area contributed by atoms with Crippen LogP contribution in [-0.2, 0) is 0 Å². The second-order valence-electron chi connectivity index (χ2n) is 4.47. The summed E-state index contributed by atoms with van der Waals surface area (Å²) in [5.41, 5.74) is 0. The minimum atomic E-state index is 0.258. The maximum Gasteiger partial charge on any atom is 0.156 e. The first-order valence-electron chi connectivity index (χ1n) is 5.56. The summed E-state index contributed by atoms with van der Waals surface area (Å²) in [6, 6.07) is 0.641. The van der Waals surface area contributed by atoms with Gasteiger partial charge in [0.25, 0.3) is 0 Å². The summed E-state index contributed by atoms with van der Waals surface area (Å²) in [7, 11) is 0. The molecule has 4 heteroatoms. The predicted octanol–water partition coefficient (Wildman–Crippen LogP) is 2.99. The van der Waals surface area contributed by atoms with Gasteiger partial charge in [0.05, 0.1) is 6.54 Å². The molecule has 15 heavy (non-hydrogen) atoms. The SMILES string of the molecule is CCC1CCSC(=NCC(C)(C)SC)N1. The molecule has 1 N–H and O–H groups in total. The van der Waals surface area contributed by atoms with Crippen LogP contribution < -0.4 is 5.32 Å². The monoisotopic (exact) mass is 246 g/mol. The van der Waals surface area contributed by atoms with Crippen LogP contribution in [0.3, 0.4) is 0 Å². The van der Waals surface area contributed by atoms with E-state index in [2.05, 4.69) is 37.3 Å². The Kier molecular flexibility index (Phi) is 5.33. The molecule has 1 unspecified atom stereocenters. The van der Waals surface area contributed by atoms with Crippen LogP contribution in [-0.4, -0.2) is 34.5 Å². The number of nitrogens with one attached hydrogen (secondary N) is 1. The van der Waals surface area contributed by atoms with Gasteiger partial charge in [-0.25, -0.2) is 0 Å². The minimum Gasteiger partial charge on any atom is -0.362 e. The zero-order valence-electron chi connectivity index (χ0n) is 10.2. The van der Waals surface area contributed by atoms with E-state index in [1.54, 1.807) is 0 Å². The van der Waals surface area contributed by atoms with E-state index < -0.39 is 0 Å². The lowest BCUT2D eigenvalue weighted by Crippen LogP contribution is -2.38. The Balaban J connectivity index is 2.45. The third-order valence-electron chi connectivity index (χ3n) is 2.68. The number of hydrogen-bond acceptors (Lipinski definition) is 3. The van der Waals surface area contributed by atoms with Crippen molar-refractivity contribution >= 4 is 28.7 Å². The highest BCUT2D eigenvalue weighted by atomic mass is 32.2. The normalized spacial score (nSPS) is 25.3. The molecule has 0 aromatic rings. The summed E-state index contributed by atoms with van der Waals surface area (Å²) >= 11 is 3.74. The van der Waals surface area contributed by atoms with E-state index in [1.807, 2.05) is 23.5 Å². The zero-order valence-corrected chi connectivity index (χ0v) is 11.8. The van der Waals surface area contributed by atoms with Gasteiger partial charge in [-0.05, 0) is 32.9 Å². The Hall–Kier alpha value is 0.170. The maximum atomic E-state index is 4.67. The fourth-order valence-corrected chi connectivity index (χ4v) is 2.51. The molecule has 88 valence electrons. The van der Waals surface area contributed by atoms with Crippen LogP contribution in [0.5, 0.6) is 0 Å². The molecule has 0 saturated carbocycles. The first-order chi connectivity index (χ1) is 7.07. The molecule has 0 aliphatic carbocycles. The largest absolute Gasteiger partial charge is 0.362 e. The predicted molar refractivity (Wildman–Crippen MR) is 74.2 cm³/mol. The summed E-state index contributed by atoms with van der Waals surface area (Å²) in [6.45, 7) is 7.62. The molecule has 1 fully saturated rings. The number of rotatable bonds is 4. The van der Waals surface area contributed by atoms with E-state index in [0.29, 0.717) is 6.04 Å². The first-order valence-corrected chi connectivity index (χ1v) is 7.77. The zero-order chi connectivity index (χ0) is 11.3. The Morgan fingerprint density at radius 1 is 1.60 bits per heavy atom. The summed E-state index contributed by atoms with van der Waals surface area (Å²) < 4.78 is 0.258. The smallest absolute Gasteiger partial charge is 0.156 e. The minimum absolute atomic E-state index is 0.258. The van der Waals surface area contributed by atoms with Crippen LogP contribution in [0.1, 0.15) is 33.6 Å². The van der Waals surface area contributed by atoms with Crippen LogP contribution in [0.2, 0.25) is 0 Å². The van der Waals surface area contributed by atoms with Crippen molar-refractivity contribution in [2.75, 3.05) is 18.6 Å². The van der Waals surface area contributed by atoms with Gasteiger partial charge in [-0.2, -0.15) is 11.8 Å². The molecule has 1 atom stereocenters. The van der Waals surface area contributed by atoms with Gasteiger partial charge < -0.3 is 5.32 Å². The lowest BCUT2D eigenvalue weighted by molar-refractivity contribution is 0.569. The van der Waals surface area contributed by atoms with E-state index in [4.69, 9.17) is 0 Å². The topological polar surface area (TPSA) is 24.4 Å². The lowest BCUT2D eigenvalue weighted by Gasteiger charge is -2.26. The second kappa shape index (κ2) is 6.04. The molecule has 2 nitrogen and oxygen atoms in total. The molecule has 1 saturated heterocycles. The van der Waals surface area contributed by atoms with E-state index in [-0.39, 0.29) is 4.75 Å². The molecule has 0 amide bonds. The van der Waals surface area contributed by atoms with Crippen LogP contribution >= 0.6 is 23.5 Å². The van der Waals surface area contributed by atoms with Crippen LogP contribution in [0.15, 0.2) is 4.99 Å². The summed E-state index contributed by atoms with van der Waals surface area (Å²) in [4.78, 5) is 4.67. The average molecular weight is 246 g/mol. The third kappa shape index (κ3) is 4.68. The molecular formula is C11H22N2S2. The van der Waals surface area contributed by atoms with Gasteiger partial charge in [-0.15, -0.1) is 0 Å². The fraction of sp³-hybridized carbons (Fsp3) is 0.909. The molecule has 1 heterocycles. The van der Waals surface area contributed by atoms with Crippen LogP contribution in [0, 0.1) is 0 Å². The van der Waals surface area contributed by atoms with Gasteiger partial charge in [0.15, 0.2) is 5.17 Å². The van der Waals surface area contributed by atoms with Gasteiger partial charge in [0.1, 0.15) is 0 Å². The standard InChI is InChI=1S/C11H22N2S2/c1-5-9-6-7-15-10(13-9)12-8-11(2,3)14-4/h9H,5-8H2,1-4H3,(H,12,13). The van der Waals surface area contributed by atoms with Crippen molar-refractivity contribution in [2.45, 2.75) is 44.4 Å². The number of aliphatic imine (C=N–C) groups is 1. The highest BCUT2D eigenvalue weighted by Crippen LogP contribution is 2.22. The molecule has 0 radical (unpaired) electrons. The summed E-state index contributed by atoms with van der Waals surface area (Å²) in [5.74, 6) is 1.21. The highest BCUT2D eigenvalue weighted by Gasteiger charge is 2.18. The Labute approximate surface area is 102 Å². The summed E-state index contributed by atoms with van der Waals surface area (Å²) in [6.07, 6.45) is 4.62. The van der Waals surface area contributed by atoms with Crippen molar-refractivity contribution in [3.8, 4) is 0 Å². The molecule has 1 aliphatic rings. The second-order valence-corrected chi connectivity index (χ2v) is 7.07. The van der Waals surface area contributed by atoms with Crippen molar-refractivity contribution in [1.82, 2.24) is 5.32 Å². The van der Waals surface area contributed by atoms with Gasteiger partial charge in [-0.1, -0.05) is 18.7 Å². The molecule has 0 spiro atoms. The van der Waals surface area contributed by atoms with Crippen molar-refractivity contribution in [3.05, 3.63) is 0 Å². The lowest BCUT2D eigenvalue weighted by atomic mass is 10.2. The van der Waals surface area contributed by atoms with E-state index >= 15 is 0 Å². The van der Waals surface area contributed by atoms with E-state index in [9.17, 15) is 0 Å². The number of hydrogen-bond donors (Lipinski definition) is 1. The Morgan fingerprint density at radius 3 is 2.93 bits per heavy atom. The van der Waals surface area contributed by atoms with Gasteiger partial charge in [0.2, 0.25) is 0 Å². The van der Waals surface area contributed by atoms with Crippen molar-refractivity contribution in [1.29, 1.82) is 0 Å². The average Bonchev–Trinajstić information content (AvgIpc) is 2.27. The molecule has 0 aromatic carbocycles. The van der Waals surface area contributed by atoms with E-state index in [0.717, 1.165) is 11.7 Å². The Morgan fingerprint density at radius 2 is 2.33 bits per heavy atom. The summed E-state index contributed by atoms with van der Waals surface area (Å²) in [5, 5.41) is 4.65. The van der Waals surface area contributed by atoms with Gasteiger partial charge in [-0.3, -0.25) is 4.99 Å². The molecular weight excluding hydrogens is 224 g/mol. The molecule has 1 aliphatic heterocycles. The molecule has 0 aromatic heterocycles. The van der Waals surface area contributed by atoms with E-state index in [1.165, 1.54) is 18.6 Å². The van der Waals surface area contributed by atoms with Crippen molar-refractivity contribution in [3.63, 3.8) is 0 Å². The molecule has 0 bridgehead atoms. The Bertz CT molecular complexity index is 227. The van der Waals surface area contributed by atoms with Gasteiger partial charge in [0, 0.05) is 16.5 Å². The van der Waals surface area contributed by atoms with Crippen LogP contribution in [0.25, 0.3) is 0 Å². The van der Waals surface area contributed by atoms with Crippen LogP contribution in [0.4, 0.5) is 0 Å². The quantitative estimate of drug-likeness (QED) is 0.825. The number of thioether (sulfide) groups is 2. The fourth-order valence-electron chi connectivity index (χ4n) is 1.31. The first kappa shape index (κ1) is 13.2.